The van der Waals surface area contributed by atoms with Crippen LogP contribution in [-0.4, -0.2) is 16.8 Å². The number of hydrogen-bond donors (Lipinski definition) is 1. The van der Waals surface area contributed by atoms with E-state index in [0.29, 0.717) is 5.69 Å². The molecule has 0 heterocycles. The number of ether oxygens (including phenoxy) is 1. The molecule has 0 saturated heterocycles. The number of nitro groups is 1. The molecule has 0 aliphatic heterocycles. The number of amides is 1. The Morgan fingerprint density at radius 1 is 0.857 bits per heavy atom. The molecule has 0 spiro atoms. The van der Waals surface area contributed by atoms with Crippen molar-refractivity contribution in [3.05, 3.63) is 124 Å². The topological polar surface area (TPSA) is 98.5 Å². The quantitative estimate of drug-likeness (QED) is 0.160. The van der Waals surface area contributed by atoms with E-state index in [1.807, 2.05) is 0 Å². The number of nitro benzene ring substituents is 1. The zero-order valence-corrected chi connectivity index (χ0v) is 17.9. The molecule has 0 aliphatic carbocycles. The zero-order chi connectivity index (χ0) is 24.9. The number of carbonyl (C=O) groups excluding carboxylic acids is 2. The lowest BCUT2D eigenvalue weighted by atomic mass is 10.0. The summed E-state index contributed by atoms with van der Waals surface area (Å²) in [5.41, 5.74) is 0.534. The summed E-state index contributed by atoms with van der Waals surface area (Å²) >= 11 is 0. The predicted molar refractivity (Wildman–Crippen MR) is 124 cm³/mol. The molecule has 0 bridgehead atoms. The summed E-state index contributed by atoms with van der Waals surface area (Å²) in [5.74, 6) is -3.17. The van der Waals surface area contributed by atoms with Crippen molar-refractivity contribution in [1.82, 2.24) is 0 Å². The van der Waals surface area contributed by atoms with Crippen molar-refractivity contribution in [1.29, 1.82) is 0 Å². The highest BCUT2D eigenvalue weighted by atomic mass is 19.1. The van der Waals surface area contributed by atoms with Crippen molar-refractivity contribution in [3.63, 3.8) is 0 Å². The minimum absolute atomic E-state index is 0.0265. The zero-order valence-electron chi connectivity index (χ0n) is 17.9. The summed E-state index contributed by atoms with van der Waals surface area (Å²) in [4.78, 5) is 35.9. The van der Waals surface area contributed by atoms with Gasteiger partial charge in [-0.15, -0.1) is 0 Å². The van der Waals surface area contributed by atoms with E-state index in [9.17, 15) is 28.5 Å². The minimum atomic E-state index is -0.852. The Balaban J connectivity index is 1.70. The first kappa shape index (κ1) is 23.2. The number of anilines is 1. The number of esters is 1. The molecule has 0 aliphatic rings. The number of rotatable bonds is 6. The summed E-state index contributed by atoms with van der Waals surface area (Å²) in [6, 6.07) is 20.4. The van der Waals surface area contributed by atoms with Crippen molar-refractivity contribution in [3.8, 4) is 16.9 Å². The number of para-hydroxylation sites is 1. The maximum Gasteiger partial charge on any atom is 0.343 e. The average molecular weight is 474 g/mol. The maximum absolute atomic E-state index is 14.4. The van der Waals surface area contributed by atoms with Crippen LogP contribution >= 0.6 is 0 Å². The molecule has 0 fully saturated rings. The molecule has 0 radical (unpaired) electrons. The molecular weight excluding hydrogens is 458 g/mol. The highest BCUT2D eigenvalue weighted by molar-refractivity contribution is 6.07. The Morgan fingerprint density at radius 3 is 2.23 bits per heavy atom. The van der Waals surface area contributed by atoms with Crippen LogP contribution in [-0.2, 0) is 0 Å². The first-order valence-electron chi connectivity index (χ1n) is 10.2. The van der Waals surface area contributed by atoms with E-state index in [-0.39, 0.29) is 33.7 Å². The van der Waals surface area contributed by atoms with E-state index in [4.69, 9.17) is 4.74 Å². The SMILES string of the molecule is O=C(Oc1ccc(-c2ccc(F)cc2F)cc1C(=O)Nc1ccccc1)c1ccc([N+](=O)[O-])cc1. The Bertz CT molecular complexity index is 1420. The Labute approximate surface area is 197 Å². The number of nitrogens with zero attached hydrogens (tertiary/aromatic N) is 1. The largest absolute Gasteiger partial charge is 0.422 e. The van der Waals surface area contributed by atoms with Gasteiger partial charge in [0, 0.05) is 29.4 Å². The number of carbonyl (C=O) groups is 2. The molecule has 4 rings (SSSR count). The molecule has 0 aromatic heterocycles. The third-order valence-electron chi connectivity index (χ3n) is 5.01. The van der Waals surface area contributed by atoms with Gasteiger partial charge in [0.05, 0.1) is 16.1 Å². The van der Waals surface area contributed by atoms with Crippen molar-refractivity contribution >= 4 is 23.3 Å². The van der Waals surface area contributed by atoms with Crippen LogP contribution in [0, 0.1) is 21.7 Å². The lowest BCUT2D eigenvalue weighted by Crippen LogP contribution is -2.16. The van der Waals surface area contributed by atoms with Crippen LogP contribution < -0.4 is 10.1 Å². The van der Waals surface area contributed by atoms with Gasteiger partial charge >= 0.3 is 5.97 Å². The smallest absolute Gasteiger partial charge is 0.343 e. The molecule has 0 saturated carbocycles. The molecule has 1 amide bonds. The summed E-state index contributed by atoms with van der Waals surface area (Å²) in [6.45, 7) is 0. The van der Waals surface area contributed by atoms with E-state index in [1.54, 1.807) is 30.3 Å². The van der Waals surface area contributed by atoms with E-state index < -0.39 is 28.4 Å². The Hall–Kier alpha value is -4.92. The first-order chi connectivity index (χ1) is 16.8. The van der Waals surface area contributed by atoms with Crippen LogP contribution in [0.25, 0.3) is 11.1 Å². The number of hydrogen-bond acceptors (Lipinski definition) is 5. The summed E-state index contributed by atoms with van der Waals surface area (Å²) in [7, 11) is 0. The van der Waals surface area contributed by atoms with Gasteiger partial charge in [0.25, 0.3) is 11.6 Å². The molecule has 174 valence electrons. The third-order valence-corrected chi connectivity index (χ3v) is 5.01. The molecule has 35 heavy (non-hydrogen) atoms. The molecule has 0 unspecified atom stereocenters. The van der Waals surface area contributed by atoms with Gasteiger partial charge in [-0.3, -0.25) is 14.9 Å². The second kappa shape index (κ2) is 9.92. The van der Waals surface area contributed by atoms with Gasteiger partial charge in [-0.2, -0.15) is 0 Å². The lowest BCUT2D eigenvalue weighted by molar-refractivity contribution is -0.384. The molecule has 4 aromatic rings. The molecule has 7 nitrogen and oxygen atoms in total. The van der Waals surface area contributed by atoms with E-state index in [2.05, 4.69) is 5.32 Å². The van der Waals surface area contributed by atoms with Crippen molar-refractivity contribution in [2.45, 2.75) is 0 Å². The fourth-order valence-electron chi connectivity index (χ4n) is 3.29. The standard InChI is InChI=1S/C26H16F2N2O5/c27-18-9-12-21(23(28)15-18)17-8-13-24(22(14-17)25(31)29-19-4-2-1-3-5-19)35-26(32)16-6-10-20(11-7-16)30(33)34/h1-15H,(H,29,31). The minimum Gasteiger partial charge on any atom is -0.422 e. The second-order valence-corrected chi connectivity index (χ2v) is 7.35. The number of non-ortho nitro benzene ring substituents is 1. The monoisotopic (exact) mass is 474 g/mol. The number of nitrogens with one attached hydrogen (secondary N) is 1. The predicted octanol–water partition coefficient (Wildman–Crippen LogP) is 6.01. The number of benzene rings is 4. The third kappa shape index (κ3) is 5.36. The van der Waals surface area contributed by atoms with Crippen molar-refractivity contribution in [2.75, 3.05) is 5.32 Å². The van der Waals surface area contributed by atoms with E-state index >= 15 is 0 Å². The molecule has 0 atom stereocenters. The fourth-order valence-corrected chi connectivity index (χ4v) is 3.29. The van der Waals surface area contributed by atoms with Crippen molar-refractivity contribution in [2.24, 2.45) is 0 Å². The van der Waals surface area contributed by atoms with E-state index in [1.165, 1.54) is 36.4 Å². The summed E-state index contributed by atoms with van der Waals surface area (Å²) in [5, 5.41) is 13.5. The van der Waals surface area contributed by atoms with Crippen LogP contribution in [0.2, 0.25) is 0 Å². The van der Waals surface area contributed by atoms with Crippen LogP contribution in [0.4, 0.5) is 20.2 Å². The normalized spacial score (nSPS) is 10.5. The van der Waals surface area contributed by atoms with Crippen LogP contribution in [0.1, 0.15) is 20.7 Å². The van der Waals surface area contributed by atoms with Crippen molar-refractivity contribution < 1.29 is 28.0 Å². The molecule has 1 N–H and O–H groups in total. The second-order valence-electron chi connectivity index (χ2n) is 7.35. The van der Waals surface area contributed by atoms with Gasteiger partial charge in [0.1, 0.15) is 17.4 Å². The van der Waals surface area contributed by atoms with Gasteiger partial charge in [0.2, 0.25) is 0 Å². The van der Waals surface area contributed by atoms with Crippen LogP contribution in [0.15, 0.2) is 91.0 Å². The van der Waals surface area contributed by atoms with Gasteiger partial charge in [0.15, 0.2) is 0 Å². The lowest BCUT2D eigenvalue weighted by Gasteiger charge is -2.13. The summed E-state index contributed by atoms with van der Waals surface area (Å²) < 4.78 is 33.1. The maximum atomic E-state index is 14.4. The number of halogens is 2. The van der Waals surface area contributed by atoms with E-state index in [0.717, 1.165) is 24.3 Å². The van der Waals surface area contributed by atoms with Crippen LogP contribution in [0.5, 0.6) is 5.75 Å². The highest BCUT2D eigenvalue weighted by Gasteiger charge is 2.20. The molecule has 4 aromatic carbocycles. The summed E-state index contributed by atoms with van der Waals surface area (Å²) in [6.07, 6.45) is 0. The Morgan fingerprint density at radius 2 is 1.57 bits per heavy atom. The Kier molecular flexibility index (Phi) is 6.59. The molecule has 9 heteroatoms. The first-order valence-corrected chi connectivity index (χ1v) is 10.2. The fraction of sp³-hybridized carbons (Fsp3) is 0. The van der Waals surface area contributed by atoms with Gasteiger partial charge in [-0.1, -0.05) is 24.3 Å². The van der Waals surface area contributed by atoms with Gasteiger partial charge < -0.3 is 10.1 Å². The van der Waals surface area contributed by atoms with Crippen LogP contribution in [0.3, 0.4) is 0 Å². The highest BCUT2D eigenvalue weighted by Crippen LogP contribution is 2.30. The molecular formula is C26H16F2N2O5. The van der Waals surface area contributed by atoms with Gasteiger partial charge in [-0.25, -0.2) is 13.6 Å². The average Bonchev–Trinajstić information content (AvgIpc) is 2.85. The van der Waals surface area contributed by atoms with Gasteiger partial charge in [-0.05, 0) is 54.1 Å².